The van der Waals surface area contributed by atoms with Crippen molar-refractivity contribution in [1.29, 1.82) is 0 Å². The fourth-order valence-corrected chi connectivity index (χ4v) is 4.88. The summed E-state index contributed by atoms with van der Waals surface area (Å²) < 4.78 is 25.8. The van der Waals surface area contributed by atoms with Crippen LogP contribution in [0.4, 0.5) is 4.39 Å². The molecule has 0 aliphatic carbocycles. The minimum atomic E-state index is -1.08. The van der Waals surface area contributed by atoms with E-state index in [-0.39, 0.29) is 10.9 Å². The number of carbonyl (C=O) groups excluding carboxylic acids is 1. The molecule has 1 atom stereocenters. The molecule has 1 N–H and O–H groups in total. The van der Waals surface area contributed by atoms with Gasteiger partial charge in [-0.05, 0) is 55.2 Å². The number of halogens is 2. The number of amides is 1. The summed E-state index contributed by atoms with van der Waals surface area (Å²) in [6.07, 6.45) is 2.25. The number of aliphatic carboxylic acids is 1. The summed E-state index contributed by atoms with van der Waals surface area (Å²) in [6.45, 7) is 1.82. The van der Waals surface area contributed by atoms with Gasteiger partial charge in [-0.15, -0.1) is 0 Å². The van der Waals surface area contributed by atoms with Gasteiger partial charge < -0.3 is 19.5 Å². The van der Waals surface area contributed by atoms with E-state index in [9.17, 15) is 19.1 Å². The average molecular weight is 526 g/mol. The summed E-state index contributed by atoms with van der Waals surface area (Å²) in [6, 6.07) is 17.8. The van der Waals surface area contributed by atoms with Crippen molar-refractivity contribution in [1.82, 2.24) is 4.90 Å². The normalized spacial score (nSPS) is 16.1. The molecule has 194 valence electrons. The lowest BCUT2D eigenvalue weighted by Crippen LogP contribution is -2.36. The first kappa shape index (κ1) is 26.5. The molecular formula is C29H29ClFNO5. The molecule has 0 aromatic heterocycles. The van der Waals surface area contributed by atoms with Crippen LogP contribution in [0.3, 0.4) is 0 Å². The summed E-state index contributed by atoms with van der Waals surface area (Å²) in [7, 11) is 1.49. The van der Waals surface area contributed by atoms with E-state index in [1.54, 1.807) is 18.2 Å². The Morgan fingerprint density at radius 1 is 1.14 bits per heavy atom. The number of hydrogen-bond donors (Lipinski definition) is 1. The van der Waals surface area contributed by atoms with E-state index in [1.165, 1.54) is 24.1 Å². The van der Waals surface area contributed by atoms with Crippen molar-refractivity contribution in [3.63, 3.8) is 0 Å². The lowest BCUT2D eigenvalue weighted by atomic mass is 9.91. The van der Waals surface area contributed by atoms with Crippen molar-refractivity contribution >= 4 is 23.5 Å². The number of carbonyl (C=O) groups is 2. The lowest BCUT2D eigenvalue weighted by Gasteiger charge is -2.24. The van der Waals surface area contributed by atoms with Crippen molar-refractivity contribution in [3.8, 4) is 11.5 Å². The highest BCUT2D eigenvalue weighted by Crippen LogP contribution is 2.44. The molecule has 0 spiro atoms. The maximum atomic E-state index is 14.0. The van der Waals surface area contributed by atoms with Crippen LogP contribution in [0.1, 0.15) is 40.4 Å². The van der Waals surface area contributed by atoms with Crippen molar-refractivity contribution in [3.05, 3.63) is 93.8 Å². The number of ether oxygens (including phenoxy) is 2. The van der Waals surface area contributed by atoms with E-state index in [1.807, 2.05) is 37.3 Å². The van der Waals surface area contributed by atoms with Crippen LogP contribution < -0.4 is 9.47 Å². The number of nitrogens with zero attached hydrogens (tertiary/aromatic N) is 1. The first-order chi connectivity index (χ1) is 17.7. The standard InChI is InChI=1S/C29H29ClFNO5/c1-29(16-20-10-11-23(30)24(31)13-20)17-22-14-21(15-25(36-2)27(22)37-29)28(35)32(18-26(33)34)12-6-9-19-7-4-3-5-8-19/h3-5,7-8,10-11,13-15H,6,9,12,16-18H2,1-2H3,(H,33,34). The number of carboxylic acid groups (broad SMARTS) is 1. The third-order valence-electron chi connectivity index (χ3n) is 6.42. The van der Waals surface area contributed by atoms with Gasteiger partial charge in [0.25, 0.3) is 5.91 Å². The van der Waals surface area contributed by atoms with E-state index in [0.29, 0.717) is 42.9 Å². The fourth-order valence-electron chi connectivity index (χ4n) is 4.76. The SMILES string of the molecule is COc1cc(C(=O)N(CCCc2ccccc2)CC(=O)O)cc2c1OC(C)(Cc1ccc(Cl)c(F)c1)C2. The molecule has 6 nitrogen and oxygen atoms in total. The van der Waals surface area contributed by atoms with Crippen LogP contribution in [0, 0.1) is 5.82 Å². The highest BCUT2D eigenvalue weighted by atomic mass is 35.5. The molecule has 0 fully saturated rings. The van der Waals surface area contributed by atoms with E-state index < -0.39 is 23.9 Å². The van der Waals surface area contributed by atoms with Gasteiger partial charge in [0.1, 0.15) is 18.0 Å². The Morgan fingerprint density at radius 3 is 2.57 bits per heavy atom. The molecule has 1 aliphatic heterocycles. The molecule has 1 heterocycles. The molecule has 37 heavy (non-hydrogen) atoms. The van der Waals surface area contributed by atoms with Gasteiger partial charge >= 0.3 is 5.97 Å². The van der Waals surface area contributed by atoms with Gasteiger partial charge in [-0.25, -0.2) is 4.39 Å². The van der Waals surface area contributed by atoms with Gasteiger partial charge in [0.05, 0.1) is 12.1 Å². The summed E-state index contributed by atoms with van der Waals surface area (Å²) >= 11 is 5.82. The monoisotopic (exact) mass is 525 g/mol. The third-order valence-corrected chi connectivity index (χ3v) is 6.73. The number of methoxy groups -OCH3 is 1. The van der Waals surface area contributed by atoms with Crippen LogP contribution >= 0.6 is 11.6 Å². The summed E-state index contributed by atoms with van der Waals surface area (Å²) in [5.74, 6) is -1.02. The molecule has 3 aromatic carbocycles. The smallest absolute Gasteiger partial charge is 0.323 e. The Kier molecular flexibility index (Phi) is 8.03. The Labute approximate surface area is 220 Å². The number of rotatable bonds is 10. The van der Waals surface area contributed by atoms with E-state index in [4.69, 9.17) is 21.1 Å². The Bertz CT molecular complexity index is 1300. The maximum Gasteiger partial charge on any atom is 0.323 e. The lowest BCUT2D eigenvalue weighted by molar-refractivity contribution is -0.137. The van der Waals surface area contributed by atoms with Gasteiger partial charge in [-0.3, -0.25) is 9.59 Å². The number of fused-ring (bicyclic) bond motifs is 1. The predicted molar refractivity (Wildman–Crippen MR) is 139 cm³/mol. The molecule has 4 rings (SSSR count). The topological polar surface area (TPSA) is 76.1 Å². The zero-order chi connectivity index (χ0) is 26.6. The largest absolute Gasteiger partial charge is 0.493 e. The van der Waals surface area contributed by atoms with Crippen LogP contribution in [0.5, 0.6) is 11.5 Å². The fraction of sp³-hybridized carbons (Fsp3) is 0.310. The van der Waals surface area contributed by atoms with E-state index >= 15 is 0 Å². The average Bonchev–Trinajstić information content (AvgIpc) is 3.20. The van der Waals surface area contributed by atoms with Crippen LogP contribution in [0.2, 0.25) is 5.02 Å². The molecule has 1 unspecified atom stereocenters. The third kappa shape index (κ3) is 6.41. The summed E-state index contributed by atoms with van der Waals surface area (Å²) in [5, 5.41) is 9.48. The van der Waals surface area contributed by atoms with Crippen LogP contribution in [0.25, 0.3) is 0 Å². The first-order valence-electron chi connectivity index (χ1n) is 12.1. The minimum absolute atomic E-state index is 0.0593. The highest BCUT2D eigenvalue weighted by molar-refractivity contribution is 6.30. The van der Waals surface area contributed by atoms with Gasteiger partial charge in [0, 0.05) is 30.5 Å². The molecule has 1 amide bonds. The molecule has 3 aromatic rings. The van der Waals surface area contributed by atoms with Crippen molar-refractivity contribution < 1.29 is 28.6 Å². The van der Waals surface area contributed by atoms with E-state index in [2.05, 4.69) is 0 Å². The van der Waals surface area contributed by atoms with Gasteiger partial charge in [0.15, 0.2) is 11.5 Å². The molecule has 0 saturated heterocycles. The molecule has 0 radical (unpaired) electrons. The van der Waals surface area contributed by atoms with Crippen LogP contribution in [-0.2, 0) is 24.1 Å². The number of benzene rings is 3. The zero-order valence-corrected chi connectivity index (χ0v) is 21.6. The second kappa shape index (κ2) is 11.2. The first-order valence-corrected chi connectivity index (χ1v) is 12.4. The molecule has 0 bridgehead atoms. The second-order valence-electron chi connectivity index (χ2n) is 9.53. The molecule has 1 aliphatic rings. The Hall–Kier alpha value is -3.58. The highest BCUT2D eigenvalue weighted by Gasteiger charge is 2.38. The minimum Gasteiger partial charge on any atom is -0.493 e. The van der Waals surface area contributed by atoms with E-state index in [0.717, 1.165) is 23.1 Å². The maximum absolute atomic E-state index is 14.0. The second-order valence-corrected chi connectivity index (χ2v) is 9.94. The number of carboxylic acids is 1. The van der Waals surface area contributed by atoms with Crippen molar-refractivity contribution in [2.45, 2.75) is 38.2 Å². The van der Waals surface area contributed by atoms with Gasteiger partial charge in [-0.2, -0.15) is 0 Å². The van der Waals surface area contributed by atoms with Crippen LogP contribution in [-0.4, -0.2) is 47.7 Å². The zero-order valence-electron chi connectivity index (χ0n) is 20.8. The van der Waals surface area contributed by atoms with Gasteiger partial charge in [-0.1, -0.05) is 48.0 Å². The predicted octanol–water partition coefficient (Wildman–Crippen LogP) is 5.58. The Balaban J connectivity index is 1.53. The summed E-state index contributed by atoms with van der Waals surface area (Å²) in [5.41, 5.74) is 2.29. The number of aryl methyl sites for hydroxylation is 1. The molecule has 8 heteroatoms. The molecular weight excluding hydrogens is 497 g/mol. The molecule has 0 saturated carbocycles. The van der Waals surface area contributed by atoms with Gasteiger partial charge in [0.2, 0.25) is 0 Å². The number of hydrogen-bond acceptors (Lipinski definition) is 4. The Morgan fingerprint density at radius 2 is 1.89 bits per heavy atom. The van der Waals surface area contributed by atoms with Crippen LogP contribution in [0.15, 0.2) is 60.7 Å². The van der Waals surface area contributed by atoms with Crippen molar-refractivity contribution in [2.75, 3.05) is 20.2 Å². The van der Waals surface area contributed by atoms with Crippen molar-refractivity contribution in [2.24, 2.45) is 0 Å². The summed E-state index contributed by atoms with van der Waals surface area (Å²) in [4.78, 5) is 26.3. The quantitative estimate of drug-likeness (QED) is 0.374.